The van der Waals surface area contributed by atoms with Crippen LogP contribution in [0.5, 0.6) is 0 Å². The van der Waals surface area contributed by atoms with Gasteiger partial charge in [0.25, 0.3) is 5.91 Å². The molecule has 1 aromatic heterocycles. The van der Waals surface area contributed by atoms with Crippen molar-refractivity contribution < 1.29 is 28.0 Å². The van der Waals surface area contributed by atoms with E-state index in [1.807, 2.05) is 17.5 Å². The number of hydrogen-bond donors (Lipinski definition) is 2. The van der Waals surface area contributed by atoms with Gasteiger partial charge >= 0.3 is 0 Å². The molecule has 1 aliphatic rings. The lowest BCUT2D eigenvalue weighted by molar-refractivity contribution is -0.134. The second-order valence-corrected chi connectivity index (χ2v) is 11.2. The van der Waals surface area contributed by atoms with E-state index >= 15 is 0 Å². The van der Waals surface area contributed by atoms with E-state index in [4.69, 9.17) is 9.94 Å². The van der Waals surface area contributed by atoms with Crippen molar-refractivity contribution in [2.75, 3.05) is 13.2 Å². The van der Waals surface area contributed by atoms with Gasteiger partial charge in [0.1, 0.15) is 0 Å². The zero-order chi connectivity index (χ0) is 24.2. The second kappa shape index (κ2) is 10.1. The fraction of sp³-hybridized carbons (Fsp3) is 0.292. The van der Waals surface area contributed by atoms with E-state index in [1.165, 1.54) is 28.9 Å². The van der Waals surface area contributed by atoms with Crippen molar-refractivity contribution in [1.82, 2.24) is 10.5 Å². The fourth-order valence-electron chi connectivity index (χ4n) is 4.06. The van der Waals surface area contributed by atoms with Crippen molar-refractivity contribution in [1.29, 1.82) is 0 Å². The number of hydrogen-bond acceptors (Lipinski definition) is 8. The minimum absolute atomic E-state index is 0.00395. The highest BCUT2D eigenvalue weighted by atomic mass is 32.2. The number of aromatic nitrogens is 1. The molecule has 0 radical (unpaired) electrons. The van der Waals surface area contributed by atoms with Crippen molar-refractivity contribution in [3.05, 3.63) is 70.7 Å². The Morgan fingerprint density at radius 3 is 2.21 bits per heavy atom. The van der Waals surface area contributed by atoms with Gasteiger partial charge in [-0.05, 0) is 36.1 Å². The van der Waals surface area contributed by atoms with Crippen LogP contribution in [0.1, 0.15) is 34.6 Å². The molecule has 1 aliphatic heterocycles. The van der Waals surface area contributed by atoms with Gasteiger partial charge in [0, 0.05) is 43.2 Å². The monoisotopic (exact) mass is 500 g/mol. The number of carbonyl (C=O) groups excluding carboxylic acids is 2. The largest absolute Gasteiger partial charge is 0.381 e. The number of carbonyl (C=O) groups is 2. The number of hydroxylamine groups is 1. The lowest BCUT2D eigenvalue weighted by atomic mass is 9.98. The molecule has 2 aromatic carbocycles. The van der Waals surface area contributed by atoms with Crippen LogP contribution in [0.25, 0.3) is 11.1 Å². The zero-order valence-electron chi connectivity index (χ0n) is 18.3. The molecular formula is C24H24N2O6S2. The topological polar surface area (TPSA) is 123 Å². The summed E-state index contributed by atoms with van der Waals surface area (Å²) in [5, 5.41) is 12.0. The van der Waals surface area contributed by atoms with E-state index in [0.717, 1.165) is 16.1 Å². The number of sulfone groups is 1. The van der Waals surface area contributed by atoms with E-state index in [-0.39, 0.29) is 36.7 Å². The van der Waals surface area contributed by atoms with E-state index in [1.54, 1.807) is 30.5 Å². The van der Waals surface area contributed by atoms with Crippen LogP contribution in [0, 0.1) is 0 Å². The van der Waals surface area contributed by atoms with Crippen LogP contribution in [0.4, 0.5) is 0 Å². The fourth-order valence-corrected chi connectivity index (χ4v) is 6.62. The first-order valence-electron chi connectivity index (χ1n) is 10.8. The number of nitrogens with zero attached hydrogens (tertiary/aromatic N) is 1. The molecule has 1 saturated heterocycles. The van der Waals surface area contributed by atoms with Crippen LogP contribution in [0.2, 0.25) is 0 Å². The molecule has 34 heavy (non-hydrogen) atoms. The van der Waals surface area contributed by atoms with E-state index in [0.29, 0.717) is 18.4 Å². The molecule has 10 heteroatoms. The summed E-state index contributed by atoms with van der Waals surface area (Å²) in [4.78, 5) is 29.0. The summed E-state index contributed by atoms with van der Waals surface area (Å²) in [6, 6.07) is 13.4. The molecule has 0 spiro atoms. The average Bonchev–Trinajstić information content (AvgIpc) is 3.41. The first kappa shape index (κ1) is 24.2. The van der Waals surface area contributed by atoms with Crippen molar-refractivity contribution in [3.8, 4) is 11.1 Å². The van der Waals surface area contributed by atoms with Crippen LogP contribution in [-0.4, -0.2) is 48.3 Å². The summed E-state index contributed by atoms with van der Waals surface area (Å²) >= 11 is 1.53. The van der Waals surface area contributed by atoms with Crippen LogP contribution in [0.15, 0.2) is 65.0 Å². The number of ether oxygens (including phenoxy) is 1. The van der Waals surface area contributed by atoms with Crippen molar-refractivity contribution >= 4 is 32.9 Å². The molecule has 3 aromatic rings. The third-order valence-electron chi connectivity index (χ3n) is 6.08. The molecule has 1 amide bonds. The molecule has 0 atom stereocenters. The van der Waals surface area contributed by atoms with Gasteiger partial charge in [-0.2, -0.15) is 0 Å². The molecule has 8 nitrogen and oxygen atoms in total. The highest BCUT2D eigenvalue weighted by Crippen LogP contribution is 2.36. The van der Waals surface area contributed by atoms with Crippen LogP contribution in [0.3, 0.4) is 0 Å². The summed E-state index contributed by atoms with van der Waals surface area (Å²) in [6.45, 7) is 0.222. The SMILES string of the molecule is O=C(CCc1nccs1)c1ccc(-c2ccc(S(=O)(=O)C3(C(=O)NO)CCOCC3)cc2)cc1. The first-order chi connectivity index (χ1) is 16.4. The predicted octanol–water partition coefficient (Wildman–Crippen LogP) is 3.45. The van der Waals surface area contributed by atoms with Crippen LogP contribution in [-0.2, 0) is 25.8 Å². The third-order valence-corrected chi connectivity index (χ3v) is 9.44. The number of rotatable bonds is 8. The molecule has 2 N–H and O–H groups in total. The lowest BCUT2D eigenvalue weighted by Gasteiger charge is -2.34. The average molecular weight is 501 g/mol. The standard InChI is InChI=1S/C24H24N2O6S2/c27-21(9-10-22-25-13-16-33-22)19-3-1-17(2-4-19)18-5-7-20(8-6-18)34(30,31)24(23(28)26-29)11-14-32-15-12-24/h1-8,13,16,29H,9-12,14-15H2,(H,26,28). The smallest absolute Gasteiger partial charge is 0.265 e. The van der Waals surface area contributed by atoms with Crippen LogP contribution >= 0.6 is 11.3 Å². The maximum absolute atomic E-state index is 13.4. The summed E-state index contributed by atoms with van der Waals surface area (Å²) in [7, 11) is -4.08. The van der Waals surface area contributed by atoms with Gasteiger partial charge < -0.3 is 4.74 Å². The Morgan fingerprint density at radius 2 is 1.65 bits per heavy atom. The number of benzene rings is 2. The molecule has 178 valence electrons. The van der Waals surface area contributed by atoms with Crippen molar-refractivity contribution in [2.45, 2.75) is 35.3 Å². The quantitative estimate of drug-likeness (QED) is 0.276. The van der Waals surface area contributed by atoms with Crippen LogP contribution < -0.4 is 5.48 Å². The normalized spacial score (nSPS) is 15.6. The third kappa shape index (κ3) is 4.67. The minimum Gasteiger partial charge on any atom is -0.381 e. The van der Waals surface area contributed by atoms with Gasteiger partial charge in [0.2, 0.25) is 0 Å². The molecule has 1 fully saturated rings. The minimum atomic E-state index is -4.08. The molecule has 0 unspecified atom stereocenters. The maximum atomic E-state index is 13.4. The zero-order valence-corrected chi connectivity index (χ0v) is 19.9. The number of nitrogens with one attached hydrogen (secondary N) is 1. The highest BCUT2D eigenvalue weighted by molar-refractivity contribution is 7.93. The number of aryl methyl sites for hydroxylation is 1. The number of Topliss-reactive ketones (excluding diaryl/α,β-unsaturated/α-hetero) is 1. The molecule has 0 bridgehead atoms. The van der Waals surface area contributed by atoms with Crippen molar-refractivity contribution in [3.63, 3.8) is 0 Å². The van der Waals surface area contributed by atoms with Gasteiger partial charge in [0.05, 0.1) is 9.90 Å². The molecule has 0 saturated carbocycles. The molecule has 2 heterocycles. The Morgan fingerprint density at radius 1 is 1.03 bits per heavy atom. The molecule has 0 aliphatic carbocycles. The van der Waals surface area contributed by atoms with Crippen molar-refractivity contribution in [2.24, 2.45) is 0 Å². The summed E-state index contributed by atoms with van der Waals surface area (Å²) < 4.78 is 30.2. The second-order valence-electron chi connectivity index (χ2n) is 8.00. The Bertz CT molecular complexity index is 1250. The van der Waals surface area contributed by atoms with E-state index in [9.17, 15) is 18.0 Å². The highest BCUT2D eigenvalue weighted by Gasteiger charge is 2.52. The predicted molar refractivity (Wildman–Crippen MR) is 127 cm³/mol. The summed E-state index contributed by atoms with van der Waals surface area (Å²) in [5.41, 5.74) is 3.72. The number of thiazole rings is 1. The Balaban J connectivity index is 1.50. The Labute approximate surface area is 201 Å². The van der Waals surface area contributed by atoms with Gasteiger partial charge in [-0.3, -0.25) is 14.8 Å². The molecular weight excluding hydrogens is 476 g/mol. The Kier molecular flexibility index (Phi) is 7.22. The summed E-state index contributed by atoms with van der Waals surface area (Å²) in [6.07, 6.45) is 2.63. The van der Waals surface area contributed by atoms with E-state index < -0.39 is 20.5 Å². The van der Waals surface area contributed by atoms with E-state index in [2.05, 4.69) is 4.98 Å². The number of amides is 1. The Hall–Kier alpha value is -2.92. The number of ketones is 1. The van der Waals surface area contributed by atoms with Gasteiger partial charge in [-0.1, -0.05) is 36.4 Å². The van der Waals surface area contributed by atoms with Gasteiger partial charge in [-0.25, -0.2) is 18.9 Å². The maximum Gasteiger partial charge on any atom is 0.265 e. The lowest BCUT2D eigenvalue weighted by Crippen LogP contribution is -2.54. The summed E-state index contributed by atoms with van der Waals surface area (Å²) in [5.74, 6) is -0.915. The molecule has 4 rings (SSSR count). The van der Waals surface area contributed by atoms with Gasteiger partial charge in [0.15, 0.2) is 20.4 Å². The van der Waals surface area contributed by atoms with Gasteiger partial charge in [-0.15, -0.1) is 11.3 Å². The first-order valence-corrected chi connectivity index (χ1v) is 13.1.